The fourth-order valence-corrected chi connectivity index (χ4v) is 3.16. The molecule has 0 aliphatic heterocycles. The summed E-state index contributed by atoms with van der Waals surface area (Å²) < 4.78 is 18.0. The Morgan fingerprint density at radius 3 is 2.68 bits per heavy atom. The number of hydrogen-bond acceptors (Lipinski definition) is 4. The number of carbonyl (C=O) groups excluding carboxylic acids is 1. The lowest BCUT2D eigenvalue weighted by Gasteiger charge is -2.06. The number of rotatable bonds is 5. The first-order chi connectivity index (χ1) is 10.5. The minimum Gasteiger partial charge on any atom is -0.484 e. The molecule has 6 heteroatoms. The van der Waals surface area contributed by atoms with Crippen LogP contribution in [0.5, 0.6) is 5.75 Å². The van der Waals surface area contributed by atoms with Gasteiger partial charge in [-0.2, -0.15) is 5.26 Å². The first kappa shape index (κ1) is 16.0. The van der Waals surface area contributed by atoms with Gasteiger partial charge in [-0.05, 0) is 43.2 Å². The van der Waals surface area contributed by atoms with E-state index in [1.165, 1.54) is 35.6 Å². The Labute approximate surface area is 132 Å². The molecule has 1 amide bonds. The number of nitriles is 1. The number of anilines is 1. The molecular weight excluding hydrogens is 303 g/mol. The largest absolute Gasteiger partial charge is 0.484 e. The van der Waals surface area contributed by atoms with Crippen molar-refractivity contribution in [1.82, 2.24) is 0 Å². The highest BCUT2D eigenvalue weighted by atomic mass is 32.1. The van der Waals surface area contributed by atoms with Gasteiger partial charge in [-0.25, -0.2) is 4.39 Å². The Morgan fingerprint density at radius 1 is 1.41 bits per heavy atom. The van der Waals surface area contributed by atoms with Crippen molar-refractivity contribution < 1.29 is 13.9 Å². The van der Waals surface area contributed by atoms with E-state index in [1.807, 2.05) is 13.8 Å². The second-order valence-electron chi connectivity index (χ2n) is 4.60. The molecule has 0 saturated carbocycles. The Bertz CT molecular complexity index is 717. The molecule has 0 radical (unpaired) electrons. The number of ether oxygens (including phenoxy) is 1. The topological polar surface area (TPSA) is 62.1 Å². The van der Waals surface area contributed by atoms with Crippen LogP contribution in [0, 0.1) is 24.1 Å². The fourth-order valence-electron chi connectivity index (χ4n) is 2.05. The van der Waals surface area contributed by atoms with Gasteiger partial charge in [0, 0.05) is 4.88 Å². The lowest BCUT2D eigenvalue weighted by Crippen LogP contribution is -2.20. The summed E-state index contributed by atoms with van der Waals surface area (Å²) in [7, 11) is 0. The molecule has 1 aromatic carbocycles. The molecule has 1 aromatic heterocycles. The summed E-state index contributed by atoms with van der Waals surface area (Å²) in [4.78, 5) is 12.9. The van der Waals surface area contributed by atoms with Gasteiger partial charge in [0.15, 0.2) is 6.61 Å². The van der Waals surface area contributed by atoms with Crippen LogP contribution in [0.3, 0.4) is 0 Å². The van der Waals surface area contributed by atoms with Gasteiger partial charge in [0.1, 0.15) is 22.6 Å². The number of aryl methyl sites for hydroxylation is 1. The Balaban J connectivity index is 2.01. The zero-order valence-corrected chi connectivity index (χ0v) is 13.1. The maximum atomic E-state index is 12.8. The molecule has 0 aliphatic rings. The summed E-state index contributed by atoms with van der Waals surface area (Å²) in [6, 6.07) is 7.56. The van der Waals surface area contributed by atoms with Crippen molar-refractivity contribution in [3.05, 3.63) is 46.1 Å². The Morgan fingerprint density at radius 2 is 2.09 bits per heavy atom. The van der Waals surface area contributed by atoms with Gasteiger partial charge in [0.05, 0.1) is 5.56 Å². The van der Waals surface area contributed by atoms with Crippen molar-refractivity contribution in [2.24, 2.45) is 0 Å². The van der Waals surface area contributed by atoms with E-state index < -0.39 is 0 Å². The van der Waals surface area contributed by atoms with Gasteiger partial charge in [0.2, 0.25) is 0 Å². The third kappa shape index (κ3) is 3.62. The van der Waals surface area contributed by atoms with Gasteiger partial charge in [-0.1, -0.05) is 6.92 Å². The van der Waals surface area contributed by atoms with Crippen molar-refractivity contribution in [3.8, 4) is 11.8 Å². The molecule has 0 saturated heterocycles. The second kappa shape index (κ2) is 7.05. The van der Waals surface area contributed by atoms with Gasteiger partial charge in [-0.15, -0.1) is 11.3 Å². The van der Waals surface area contributed by atoms with Crippen LogP contribution in [-0.4, -0.2) is 12.5 Å². The number of amides is 1. The summed E-state index contributed by atoms with van der Waals surface area (Å²) in [5.41, 5.74) is 1.47. The van der Waals surface area contributed by atoms with Crippen molar-refractivity contribution in [3.63, 3.8) is 0 Å². The van der Waals surface area contributed by atoms with E-state index >= 15 is 0 Å². The molecule has 114 valence electrons. The van der Waals surface area contributed by atoms with E-state index in [4.69, 9.17) is 4.74 Å². The van der Waals surface area contributed by atoms with Crippen molar-refractivity contribution >= 4 is 22.2 Å². The van der Waals surface area contributed by atoms with E-state index in [-0.39, 0.29) is 18.3 Å². The highest BCUT2D eigenvalue weighted by molar-refractivity contribution is 7.16. The van der Waals surface area contributed by atoms with Crippen molar-refractivity contribution in [1.29, 1.82) is 5.26 Å². The molecule has 0 bridgehead atoms. The molecule has 1 heterocycles. The SMILES string of the molecule is CCc1c(C)sc(NC(=O)COc2ccc(F)cc2)c1C#N. The van der Waals surface area contributed by atoms with Crippen LogP contribution in [0.2, 0.25) is 0 Å². The first-order valence-corrected chi connectivity index (χ1v) is 7.57. The first-order valence-electron chi connectivity index (χ1n) is 6.75. The molecular formula is C16H15FN2O2S. The van der Waals surface area contributed by atoms with Crippen LogP contribution < -0.4 is 10.1 Å². The van der Waals surface area contributed by atoms with Gasteiger partial charge < -0.3 is 10.1 Å². The third-order valence-corrected chi connectivity index (χ3v) is 4.17. The lowest BCUT2D eigenvalue weighted by atomic mass is 10.1. The standard InChI is InChI=1S/C16H15FN2O2S/c1-3-13-10(2)22-16(14(13)8-18)19-15(20)9-21-12-6-4-11(17)5-7-12/h4-7H,3,9H2,1-2H3,(H,19,20). The van der Waals surface area contributed by atoms with Crippen LogP contribution in [0.15, 0.2) is 24.3 Å². The highest BCUT2D eigenvalue weighted by Crippen LogP contribution is 2.32. The predicted octanol–water partition coefficient (Wildman–Crippen LogP) is 3.65. The van der Waals surface area contributed by atoms with Crippen LogP contribution in [0.4, 0.5) is 9.39 Å². The summed E-state index contributed by atoms with van der Waals surface area (Å²) in [5, 5.41) is 12.5. The average Bonchev–Trinajstić information content (AvgIpc) is 2.81. The Hall–Kier alpha value is -2.39. The average molecular weight is 318 g/mol. The van der Waals surface area contributed by atoms with Crippen LogP contribution in [0.1, 0.15) is 22.9 Å². The molecule has 0 fully saturated rings. The highest BCUT2D eigenvalue weighted by Gasteiger charge is 2.16. The van der Waals surface area contributed by atoms with E-state index in [9.17, 15) is 14.4 Å². The summed E-state index contributed by atoms with van der Waals surface area (Å²) in [5.74, 6) is -0.310. The molecule has 4 nitrogen and oxygen atoms in total. The van der Waals surface area contributed by atoms with E-state index in [1.54, 1.807) is 0 Å². The lowest BCUT2D eigenvalue weighted by molar-refractivity contribution is -0.118. The number of halogens is 1. The predicted molar refractivity (Wildman–Crippen MR) is 83.7 cm³/mol. The van der Waals surface area contributed by atoms with E-state index in [0.29, 0.717) is 16.3 Å². The molecule has 0 unspecified atom stereocenters. The third-order valence-electron chi connectivity index (χ3n) is 3.11. The van der Waals surface area contributed by atoms with Crippen LogP contribution in [-0.2, 0) is 11.2 Å². The number of benzene rings is 1. The van der Waals surface area contributed by atoms with Crippen molar-refractivity contribution in [2.75, 3.05) is 11.9 Å². The summed E-state index contributed by atoms with van der Waals surface area (Å²) in [6.07, 6.45) is 0.743. The smallest absolute Gasteiger partial charge is 0.262 e. The number of carbonyl (C=O) groups is 1. The molecule has 0 aliphatic carbocycles. The number of nitrogens with zero attached hydrogens (tertiary/aromatic N) is 1. The molecule has 2 rings (SSSR count). The quantitative estimate of drug-likeness (QED) is 0.915. The van der Waals surface area contributed by atoms with Crippen LogP contribution >= 0.6 is 11.3 Å². The van der Waals surface area contributed by atoms with Crippen molar-refractivity contribution in [2.45, 2.75) is 20.3 Å². The minimum absolute atomic E-state index is 0.199. The van der Waals surface area contributed by atoms with Gasteiger partial charge >= 0.3 is 0 Å². The molecule has 0 spiro atoms. The van der Waals surface area contributed by atoms with E-state index in [2.05, 4.69) is 11.4 Å². The Kier molecular flexibility index (Phi) is 5.12. The summed E-state index contributed by atoms with van der Waals surface area (Å²) >= 11 is 1.38. The number of hydrogen-bond donors (Lipinski definition) is 1. The second-order valence-corrected chi connectivity index (χ2v) is 5.82. The normalized spacial score (nSPS) is 10.1. The number of thiophene rings is 1. The van der Waals surface area contributed by atoms with Crippen LogP contribution in [0.25, 0.3) is 0 Å². The maximum Gasteiger partial charge on any atom is 0.262 e. The fraction of sp³-hybridized carbons (Fsp3) is 0.250. The molecule has 1 N–H and O–H groups in total. The molecule has 22 heavy (non-hydrogen) atoms. The molecule has 0 atom stereocenters. The maximum absolute atomic E-state index is 12.8. The zero-order valence-electron chi connectivity index (χ0n) is 12.3. The minimum atomic E-state index is -0.364. The van der Waals surface area contributed by atoms with Gasteiger partial charge in [-0.3, -0.25) is 4.79 Å². The van der Waals surface area contributed by atoms with Gasteiger partial charge in [0.25, 0.3) is 5.91 Å². The number of nitrogens with one attached hydrogen (secondary N) is 1. The molecule has 2 aromatic rings. The zero-order chi connectivity index (χ0) is 16.1. The monoisotopic (exact) mass is 318 g/mol. The van der Waals surface area contributed by atoms with E-state index in [0.717, 1.165) is 16.9 Å². The summed E-state index contributed by atoms with van der Waals surface area (Å²) in [6.45, 7) is 3.70.